The van der Waals surface area contributed by atoms with Crippen molar-refractivity contribution in [3.8, 4) is 11.5 Å². The monoisotopic (exact) mass is 367 g/mol. The SMILES string of the molecule is CCc1cccc2c(C(=O)COC(=O)c3cccc(OC)c3OC)c[nH]c12. The quantitative estimate of drug-likeness (QED) is 0.508. The van der Waals surface area contributed by atoms with Crippen LogP contribution in [0.15, 0.2) is 42.6 Å². The van der Waals surface area contributed by atoms with Gasteiger partial charge in [0.15, 0.2) is 18.1 Å². The highest BCUT2D eigenvalue weighted by Gasteiger charge is 2.20. The molecule has 1 N–H and O–H groups in total. The van der Waals surface area contributed by atoms with E-state index in [9.17, 15) is 9.59 Å². The Bertz CT molecular complexity index is 989. The Labute approximate surface area is 157 Å². The van der Waals surface area contributed by atoms with E-state index in [4.69, 9.17) is 14.2 Å². The fraction of sp³-hybridized carbons (Fsp3) is 0.238. The number of rotatable bonds is 7. The third-order valence-electron chi connectivity index (χ3n) is 4.44. The van der Waals surface area contributed by atoms with Crippen molar-refractivity contribution in [3.05, 3.63) is 59.3 Å². The smallest absolute Gasteiger partial charge is 0.342 e. The van der Waals surface area contributed by atoms with Gasteiger partial charge in [-0.1, -0.05) is 31.2 Å². The lowest BCUT2D eigenvalue weighted by atomic mass is 10.1. The molecule has 0 saturated heterocycles. The molecule has 0 bridgehead atoms. The first-order chi connectivity index (χ1) is 13.1. The molecule has 1 heterocycles. The van der Waals surface area contributed by atoms with Crippen LogP contribution in [0, 0.1) is 0 Å². The summed E-state index contributed by atoms with van der Waals surface area (Å²) in [6.45, 7) is 1.70. The zero-order valence-corrected chi connectivity index (χ0v) is 15.5. The summed E-state index contributed by atoms with van der Waals surface area (Å²) in [5, 5.41) is 0.828. The number of nitrogens with one attached hydrogen (secondary N) is 1. The maximum atomic E-state index is 12.6. The van der Waals surface area contributed by atoms with Gasteiger partial charge >= 0.3 is 5.97 Å². The summed E-state index contributed by atoms with van der Waals surface area (Å²) in [4.78, 5) is 28.1. The summed E-state index contributed by atoms with van der Waals surface area (Å²) in [6, 6.07) is 10.7. The van der Waals surface area contributed by atoms with E-state index in [0.29, 0.717) is 11.3 Å². The van der Waals surface area contributed by atoms with Crippen molar-refractivity contribution in [2.45, 2.75) is 13.3 Å². The maximum Gasteiger partial charge on any atom is 0.342 e. The van der Waals surface area contributed by atoms with Crippen molar-refractivity contribution in [2.24, 2.45) is 0 Å². The molecule has 1 aromatic heterocycles. The molecule has 0 atom stereocenters. The number of carbonyl (C=O) groups is 2. The van der Waals surface area contributed by atoms with Crippen molar-refractivity contribution in [1.29, 1.82) is 0 Å². The second kappa shape index (κ2) is 7.95. The van der Waals surface area contributed by atoms with E-state index in [0.717, 1.165) is 22.9 Å². The number of hydrogen-bond donors (Lipinski definition) is 1. The fourth-order valence-electron chi connectivity index (χ4n) is 3.08. The number of Topliss-reactive ketones (excluding diaryl/α,β-unsaturated/α-hetero) is 1. The number of ketones is 1. The van der Waals surface area contributed by atoms with Crippen molar-refractivity contribution in [1.82, 2.24) is 4.98 Å². The molecule has 6 heteroatoms. The van der Waals surface area contributed by atoms with Crippen LogP contribution in [0.2, 0.25) is 0 Å². The number of hydrogen-bond acceptors (Lipinski definition) is 5. The van der Waals surface area contributed by atoms with Crippen LogP contribution in [0.25, 0.3) is 10.9 Å². The Morgan fingerprint density at radius 2 is 1.78 bits per heavy atom. The topological polar surface area (TPSA) is 77.6 Å². The minimum absolute atomic E-state index is 0.205. The summed E-state index contributed by atoms with van der Waals surface area (Å²) >= 11 is 0. The standard InChI is InChI=1S/C21H21NO5/c1-4-13-7-5-8-14-16(11-22-19(13)14)17(23)12-27-21(24)15-9-6-10-18(25-2)20(15)26-3/h5-11,22H,4,12H2,1-3H3. The van der Waals surface area contributed by atoms with Crippen LogP contribution >= 0.6 is 0 Å². The van der Waals surface area contributed by atoms with E-state index < -0.39 is 5.97 Å². The van der Waals surface area contributed by atoms with E-state index in [1.165, 1.54) is 14.2 Å². The van der Waals surface area contributed by atoms with Crippen LogP contribution in [0.4, 0.5) is 0 Å². The van der Waals surface area contributed by atoms with Crippen LogP contribution < -0.4 is 9.47 Å². The number of methoxy groups -OCH3 is 2. The van der Waals surface area contributed by atoms with Crippen LogP contribution in [0.1, 0.15) is 33.2 Å². The number of benzene rings is 2. The molecule has 0 aliphatic carbocycles. The Hall–Kier alpha value is -3.28. The van der Waals surface area contributed by atoms with Crippen molar-refractivity contribution < 1.29 is 23.8 Å². The first-order valence-electron chi connectivity index (χ1n) is 8.61. The zero-order chi connectivity index (χ0) is 19.4. The second-order valence-corrected chi connectivity index (χ2v) is 5.94. The van der Waals surface area contributed by atoms with E-state index in [1.54, 1.807) is 24.4 Å². The molecule has 0 amide bonds. The van der Waals surface area contributed by atoms with Crippen LogP contribution in [0.3, 0.4) is 0 Å². The van der Waals surface area contributed by atoms with Gasteiger partial charge in [0.1, 0.15) is 5.56 Å². The van der Waals surface area contributed by atoms with Crippen LogP contribution in [-0.2, 0) is 11.2 Å². The lowest BCUT2D eigenvalue weighted by Gasteiger charge is -2.11. The predicted octanol–water partition coefficient (Wildman–Crippen LogP) is 3.79. The van der Waals surface area contributed by atoms with Gasteiger partial charge in [-0.25, -0.2) is 4.79 Å². The fourth-order valence-corrected chi connectivity index (χ4v) is 3.08. The number of aromatic amines is 1. The van der Waals surface area contributed by atoms with Crippen molar-refractivity contribution >= 4 is 22.7 Å². The van der Waals surface area contributed by atoms with Gasteiger partial charge in [-0.3, -0.25) is 4.79 Å². The number of aromatic nitrogens is 1. The van der Waals surface area contributed by atoms with Gasteiger partial charge < -0.3 is 19.2 Å². The molecular weight excluding hydrogens is 346 g/mol. The number of para-hydroxylation sites is 2. The number of carbonyl (C=O) groups excluding carboxylic acids is 2. The summed E-state index contributed by atoms with van der Waals surface area (Å²) in [5.41, 5.74) is 2.77. The lowest BCUT2D eigenvalue weighted by molar-refractivity contribution is 0.0471. The summed E-state index contributed by atoms with van der Waals surface area (Å²) < 4.78 is 15.6. The average Bonchev–Trinajstić information content (AvgIpc) is 3.15. The molecule has 0 unspecified atom stereocenters. The molecule has 27 heavy (non-hydrogen) atoms. The molecule has 140 valence electrons. The molecular formula is C21H21NO5. The normalized spacial score (nSPS) is 10.6. The first-order valence-corrected chi connectivity index (χ1v) is 8.61. The minimum atomic E-state index is -0.645. The minimum Gasteiger partial charge on any atom is -0.493 e. The Morgan fingerprint density at radius 1 is 1.00 bits per heavy atom. The van der Waals surface area contributed by atoms with Gasteiger partial charge in [-0.15, -0.1) is 0 Å². The maximum absolute atomic E-state index is 12.6. The Kier molecular flexibility index (Phi) is 5.45. The Balaban J connectivity index is 1.78. The van der Waals surface area contributed by atoms with E-state index in [-0.39, 0.29) is 23.7 Å². The van der Waals surface area contributed by atoms with Crippen LogP contribution in [0.5, 0.6) is 11.5 Å². The molecule has 6 nitrogen and oxygen atoms in total. The summed E-state index contributed by atoms with van der Waals surface area (Å²) in [7, 11) is 2.93. The molecule has 0 aliphatic rings. The molecule has 0 fully saturated rings. The highest BCUT2D eigenvalue weighted by atomic mass is 16.5. The first kappa shape index (κ1) is 18.5. The molecule has 0 radical (unpaired) electrons. The second-order valence-electron chi connectivity index (χ2n) is 5.94. The van der Waals surface area contributed by atoms with Gasteiger partial charge in [-0.2, -0.15) is 0 Å². The Morgan fingerprint density at radius 3 is 2.48 bits per heavy atom. The largest absolute Gasteiger partial charge is 0.493 e. The lowest BCUT2D eigenvalue weighted by Crippen LogP contribution is -2.15. The third-order valence-corrected chi connectivity index (χ3v) is 4.44. The van der Waals surface area contributed by atoms with Crippen molar-refractivity contribution in [3.63, 3.8) is 0 Å². The molecule has 2 aromatic carbocycles. The van der Waals surface area contributed by atoms with Gasteiger partial charge in [0.2, 0.25) is 5.78 Å². The summed E-state index contributed by atoms with van der Waals surface area (Å²) in [6.07, 6.45) is 2.52. The van der Waals surface area contributed by atoms with Gasteiger partial charge in [0.05, 0.1) is 14.2 Å². The number of H-pyrrole nitrogens is 1. The molecule has 0 spiro atoms. The number of ether oxygens (including phenoxy) is 3. The third kappa shape index (κ3) is 3.51. The molecule has 0 saturated carbocycles. The van der Waals surface area contributed by atoms with Gasteiger partial charge in [0.25, 0.3) is 0 Å². The molecule has 3 aromatic rings. The van der Waals surface area contributed by atoms with Crippen LogP contribution in [-0.4, -0.2) is 37.6 Å². The number of fused-ring (bicyclic) bond motifs is 1. The predicted molar refractivity (Wildman–Crippen MR) is 102 cm³/mol. The highest BCUT2D eigenvalue weighted by Crippen LogP contribution is 2.31. The summed E-state index contributed by atoms with van der Waals surface area (Å²) in [5.74, 6) is -0.225. The van der Waals surface area contributed by atoms with E-state index in [2.05, 4.69) is 11.9 Å². The number of esters is 1. The highest BCUT2D eigenvalue weighted by molar-refractivity contribution is 6.09. The molecule has 0 aliphatic heterocycles. The van der Waals surface area contributed by atoms with Crippen molar-refractivity contribution in [2.75, 3.05) is 20.8 Å². The van der Waals surface area contributed by atoms with Gasteiger partial charge in [0, 0.05) is 22.7 Å². The van der Waals surface area contributed by atoms with Gasteiger partial charge in [-0.05, 0) is 24.1 Å². The molecule has 3 rings (SSSR count). The van der Waals surface area contributed by atoms with E-state index >= 15 is 0 Å². The average molecular weight is 367 g/mol. The van der Waals surface area contributed by atoms with E-state index in [1.807, 2.05) is 18.2 Å². The number of aryl methyl sites for hydroxylation is 1. The zero-order valence-electron chi connectivity index (χ0n) is 15.5.